The molecule has 0 N–H and O–H groups in total. The number of fused-ring (bicyclic) bond motifs is 1. The van der Waals surface area contributed by atoms with Gasteiger partial charge < -0.3 is 4.74 Å². The summed E-state index contributed by atoms with van der Waals surface area (Å²) in [6.07, 6.45) is 1.41. The molecule has 0 saturated carbocycles. The van der Waals surface area contributed by atoms with Crippen molar-refractivity contribution in [2.75, 3.05) is 6.61 Å². The first kappa shape index (κ1) is 15.6. The van der Waals surface area contributed by atoms with E-state index in [1.54, 1.807) is 18.2 Å². The zero-order valence-electron chi connectivity index (χ0n) is 12.9. The highest BCUT2D eigenvalue weighted by atomic mass is 16.6. The fourth-order valence-electron chi connectivity index (χ4n) is 2.32. The predicted octanol–water partition coefficient (Wildman–Crippen LogP) is 2.15. The molecule has 8 nitrogen and oxygen atoms in total. The van der Waals surface area contributed by atoms with Crippen molar-refractivity contribution >= 4 is 16.6 Å². The standard InChI is InChI=1S/C16H14N4O4/c1-2-24-15-5-3-4-11(18-15)9-19-10-17-14-7-6-12(20(22)23)8-13(14)16(19)21/h3-8,10H,2,9H2,1H3. The summed E-state index contributed by atoms with van der Waals surface area (Å²) in [5, 5.41) is 11.1. The average molecular weight is 326 g/mol. The highest BCUT2D eigenvalue weighted by Crippen LogP contribution is 2.16. The van der Waals surface area contributed by atoms with E-state index in [0.717, 1.165) is 0 Å². The minimum atomic E-state index is -0.538. The summed E-state index contributed by atoms with van der Waals surface area (Å²) in [4.78, 5) is 31.4. The van der Waals surface area contributed by atoms with Crippen LogP contribution in [0.1, 0.15) is 12.6 Å². The largest absolute Gasteiger partial charge is 0.478 e. The lowest BCUT2D eigenvalue weighted by atomic mass is 10.2. The Morgan fingerprint density at radius 1 is 1.29 bits per heavy atom. The molecule has 0 bridgehead atoms. The lowest BCUT2D eigenvalue weighted by molar-refractivity contribution is -0.384. The number of aromatic nitrogens is 3. The second kappa shape index (κ2) is 6.45. The van der Waals surface area contributed by atoms with Gasteiger partial charge in [-0.25, -0.2) is 9.97 Å². The topological polar surface area (TPSA) is 100 Å². The second-order valence-electron chi connectivity index (χ2n) is 5.04. The highest BCUT2D eigenvalue weighted by molar-refractivity contribution is 5.79. The number of non-ortho nitro benzene ring substituents is 1. The maximum atomic E-state index is 12.6. The van der Waals surface area contributed by atoms with Crippen LogP contribution in [-0.4, -0.2) is 26.1 Å². The van der Waals surface area contributed by atoms with Crippen LogP contribution in [0.25, 0.3) is 10.9 Å². The van der Waals surface area contributed by atoms with Gasteiger partial charge >= 0.3 is 0 Å². The summed E-state index contributed by atoms with van der Waals surface area (Å²) < 4.78 is 6.70. The molecule has 8 heteroatoms. The Labute approximate surface area is 136 Å². The average Bonchev–Trinajstić information content (AvgIpc) is 2.58. The summed E-state index contributed by atoms with van der Waals surface area (Å²) in [5.74, 6) is 0.479. The van der Waals surface area contributed by atoms with Gasteiger partial charge in [-0.3, -0.25) is 19.5 Å². The number of benzene rings is 1. The van der Waals surface area contributed by atoms with Crippen molar-refractivity contribution in [2.45, 2.75) is 13.5 Å². The fraction of sp³-hybridized carbons (Fsp3) is 0.188. The Bertz CT molecular complexity index is 968. The van der Waals surface area contributed by atoms with Gasteiger partial charge in [-0.1, -0.05) is 6.07 Å². The zero-order valence-corrected chi connectivity index (χ0v) is 12.9. The number of rotatable bonds is 5. The molecule has 3 aromatic rings. The molecular weight excluding hydrogens is 312 g/mol. The van der Waals surface area contributed by atoms with Gasteiger partial charge in [0.2, 0.25) is 5.88 Å². The van der Waals surface area contributed by atoms with Crippen LogP contribution in [0.4, 0.5) is 5.69 Å². The van der Waals surface area contributed by atoms with Gasteiger partial charge in [-0.2, -0.15) is 0 Å². The van der Waals surface area contributed by atoms with Gasteiger partial charge in [0.15, 0.2) is 0 Å². The van der Waals surface area contributed by atoms with Crippen LogP contribution in [0, 0.1) is 10.1 Å². The van der Waals surface area contributed by atoms with Crippen LogP contribution in [0.2, 0.25) is 0 Å². The van der Waals surface area contributed by atoms with E-state index in [1.807, 2.05) is 6.92 Å². The number of ether oxygens (including phenoxy) is 1. The molecule has 3 rings (SSSR count). The lowest BCUT2D eigenvalue weighted by Crippen LogP contribution is -2.21. The van der Waals surface area contributed by atoms with Gasteiger partial charge in [0.05, 0.1) is 41.0 Å². The fourth-order valence-corrected chi connectivity index (χ4v) is 2.32. The molecule has 0 fully saturated rings. The summed E-state index contributed by atoms with van der Waals surface area (Å²) in [5.41, 5.74) is 0.551. The Morgan fingerprint density at radius 3 is 2.88 bits per heavy atom. The van der Waals surface area contributed by atoms with Crippen molar-refractivity contribution in [1.29, 1.82) is 0 Å². The molecule has 0 aliphatic heterocycles. The summed E-state index contributed by atoms with van der Waals surface area (Å²) in [6, 6.07) is 9.33. The highest BCUT2D eigenvalue weighted by Gasteiger charge is 2.11. The Kier molecular flexibility index (Phi) is 4.19. The molecule has 0 atom stereocenters. The molecule has 1 aromatic carbocycles. The first-order valence-corrected chi connectivity index (χ1v) is 7.31. The third-order valence-corrected chi connectivity index (χ3v) is 3.42. The number of hydrogen-bond acceptors (Lipinski definition) is 6. The predicted molar refractivity (Wildman–Crippen MR) is 87.2 cm³/mol. The quantitative estimate of drug-likeness (QED) is 0.526. The van der Waals surface area contributed by atoms with E-state index < -0.39 is 4.92 Å². The number of nitrogens with zero attached hydrogens (tertiary/aromatic N) is 4. The van der Waals surface area contributed by atoms with Crippen molar-refractivity contribution < 1.29 is 9.66 Å². The first-order chi connectivity index (χ1) is 11.6. The molecule has 0 saturated heterocycles. The third kappa shape index (κ3) is 3.07. The van der Waals surface area contributed by atoms with E-state index >= 15 is 0 Å². The van der Waals surface area contributed by atoms with Crippen LogP contribution in [-0.2, 0) is 6.54 Å². The van der Waals surface area contributed by atoms with E-state index in [4.69, 9.17) is 4.74 Å². The van der Waals surface area contributed by atoms with Crippen LogP contribution < -0.4 is 10.3 Å². The van der Waals surface area contributed by atoms with Crippen LogP contribution in [0.3, 0.4) is 0 Å². The number of nitro groups is 1. The zero-order chi connectivity index (χ0) is 17.1. The smallest absolute Gasteiger partial charge is 0.270 e. The molecule has 0 radical (unpaired) electrons. The summed E-state index contributed by atoms with van der Waals surface area (Å²) in [6.45, 7) is 2.56. The van der Waals surface area contributed by atoms with Gasteiger partial charge in [0.25, 0.3) is 11.2 Å². The van der Waals surface area contributed by atoms with Gasteiger partial charge in [0.1, 0.15) is 0 Å². The molecule has 2 heterocycles. The normalized spacial score (nSPS) is 10.7. The summed E-state index contributed by atoms with van der Waals surface area (Å²) >= 11 is 0. The van der Waals surface area contributed by atoms with Crippen molar-refractivity contribution in [2.24, 2.45) is 0 Å². The molecule has 24 heavy (non-hydrogen) atoms. The maximum absolute atomic E-state index is 12.6. The van der Waals surface area contributed by atoms with Gasteiger partial charge in [-0.05, 0) is 19.1 Å². The Balaban J connectivity index is 2.01. The SMILES string of the molecule is CCOc1cccc(Cn2cnc3ccc([N+](=O)[O-])cc3c2=O)n1. The van der Waals surface area contributed by atoms with Crippen LogP contribution in [0.15, 0.2) is 47.5 Å². The molecule has 0 spiro atoms. The minimum Gasteiger partial charge on any atom is -0.478 e. The second-order valence-corrected chi connectivity index (χ2v) is 5.04. The van der Waals surface area contributed by atoms with Crippen LogP contribution in [0.5, 0.6) is 5.88 Å². The third-order valence-electron chi connectivity index (χ3n) is 3.42. The van der Waals surface area contributed by atoms with E-state index in [9.17, 15) is 14.9 Å². The van der Waals surface area contributed by atoms with E-state index in [-0.39, 0.29) is 23.2 Å². The Morgan fingerprint density at radius 2 is 2.12 bits per heavy atom. The van der Waals surface area contributed by atoms with Crippen LogP contribution >= 0.6 is 0 Å². The molecular formula is C16H14N4O4. The Hall–Kier alpha value is -3.29. The minimum absolute atomic E-state index is 0.143. The molecule has 0 aliphatic rings. The summed E-state index contributed by atoms with van der Waals surface area (Å²) in [7, 11) is 0. The number of nitro benzene ring substituents is 1. The van der Waals surface area contributed by atoms with E-state index in [0.29, 0.717) is 23.7 Å². The molecule has 0 aliphatic carbocycles. The first-order valence-electron chi connectivity index (χ1n) is 7.31. The van der Waals surface area contributed by atoms with Gasteiger partial charge in [0, 0.05) is 18.2 Å². The van der Waals surface area contributed by atoms with Crippen molar-refractivity contribution in [3.05, 3.63) is 68.9 Å². The molecule has 0 amide bonds. The van der Waals surface area contributed by atoms with E-state index in [2.05, 4.69) is 9.97 Å². The lowest BCUT2D eigenvalue weighted by Gasteiger charge is -2.08. The van der Waals surface area contributed by atoms with Crippen molar-refractivity contribution in [1.82, 2.24) is 14.5 Å². The number of hydrogen-bond donors (Lipinski definition) is 0. The number of pyridine rings is 1. The molecule has 0 unspecified atom stereocenters. The van der Waals surface area contributed by atoms with Crippen molar-refractivity contribution in [3.63, 3.8) is 0 Å². The molecule has 2 aromatic heterocycles. The monoisotopic (exact) mass is 326 g/mol. The van der Waals surface area contributed by atoms with E-state index in [1.165, 1.54) is 29.1 Å². The van der Waals surface area contributed by atoms with Crippen molar-refractivity contribution in [3.8, 4) is 5.88 Å². The maximum Gasteiger partial charge on any atom is 0.270 e. The molecule has 122 valence electrons. The van der Waals surface area contributed by atoms with Gasteiger partial charge in [-0.15, -0.1) is 0 Å².